The molecule has 11 heteroatoms. The first-order valence-electron chi connectivity index (χ1n) is 14.9. The number of carbonyl (C=O) groups excluding carboxylic acids is 1. The number of nitrogens with zero attached hydrogens (tertiary/aromatic N) is 1. The SMILES string of the molecule is Cc1c(NS(C)(=O)=O)cccc1N(Cc1ccccc1)Cc1ccc(Oc2cccc(OCCCC(=O)NCCC(=O)O)c2)cc1. The highest BCUT2D eigenvalue weighted by molar-refractivity contribution is 7.92. The van der Waals surface area contributed by atoms with Crippen LogP contribution in [0.15, 0.2) is 97.1 Å². The highest BCUT2D eigenvalue weighted by Crippen LogP contribution is 2.31. The molecule has 0 radical (unpaired) electrons. The second-order valence-electron chi connectivity index (χ2n) is 10.8. The summed E-state index contributed by atoms with van der Waals surface area (Å²) in [6, 6.07) is 30.8. The number of rotatable bonds is 17. The highest BCUT2D eigenvalue weighted by Gasteiger charge is 2.15. The minimum atomic E-state index is -3.43. The molecule has 242 valence electrons. The number of hydrogen-bond acceptors (Lipinski definition) is 7. The van der Waals surface area contributed by atoms with Gasteiger partial charge in [0.25, 0.3) is 0 Å². The molecule has 0 aliphatic rings. The third-order valence-electron chi connectivity index (χ3n) is 6.97. The molecule has 0 atom stereocenters. The molecule has 4 aromatic rings. The van der Waals surface area contributed by atoms with Gasteiger partial charge in [0, 0.05) is 37.8 Å². The molecule has 1 amide bonds. The molecule has 10 nitrogen and oxygen atoms in total. The molecule has 4 aromatic carbocycles. The van der Waals surface area contributed by atoms with E-state index in [9.17, 15) is 18.0 Å². The molecule has 0 aromatic heterocycles. The van der Waals surface area contributed by atoms with Crippen molar-refractivity contribution in [3.05, 3.63) is 114 Å². The number of benzene rings is 4. The first kappa shape index (κ1) is 33.9. The van der Waals surface area contributed by atoms with Crippen molar-refractivity contribution in [2.75, 3.05) is 29.0 Å². The van der Waals surface area contributed by atoms with E-state index in [0.29, 0.717) is 49.1 Å². The lowest BCUT2D eigenvalue weighted by molar-refractivity contribution is -0.136. The second kappa shape index (κ2) is 16.3. The van der Waals surface area contributed by atoms with Gasteiger partial charge in [-0.05, 0) is 66.4 Å². The Balaban J connectivity index is 1.38. The Labute approximate surface area is 270 Å². The largest absolute Gasteiger partial charge is 0.493 e. The van der Waals surface area contributed by atoms with Crippen LogP contribution in [0, 0.1) is 6.92 Å². The number of hydrogen-bond donors (Lipinski definition) is 3. The second-order valence-corrected chi connectivity index (χ2v) is 12.6. The molecular formula is C35H39N3O7S. The minimum Gasteiger partial charge on any atom is -0.493 e. The summed E-state index contributed by atoms with van der Waals surface area (Å²) in [7, 11) is -3.43. The number of amides is 1. The van der Waals surface area contributed by atoms with Crippen molar-refractivity contribution in [3.63, 3.8) is 0 Å². The van der Waals surface area contributed by atoms with Crippen LogP contribution in [-0.4, -0.2) is 44.8 Å². The van der Waals surface area contributed by atoms with Gasteiger partial charge in [0.05, 0.1) is 25.0 Å². The summed E-state index contributed by atoms with van der Waals surface area (Å²) in [6.45, 7) is 3.57. The van der Waals surface area contributed by atoms with Crippen molar-refractivity contribution in [3.8, 4) is 17.2 Å². The molecule has 0 aliphatic carbocycles. The summed E-state index contributed by atoms with van der Waals surface area (Å²) < 4.78 is 38.4. The summed E-state index contributed by atoms with van der Waals surface area (Å²) in [4.78, 5) is 24.6. The van der Waals surface area contributed by atoms with Crippen molar-refractivity contribution < 1.29 is 32.6 Å². The van der Waals surface area contributed by atoms with E-state index in [1.807, 2.05) is 79.7 Å². The Kier molecular flexibility index (Phi) is 12.0. The molecule has 0 aliphatic heterocycles. The lowest BCUT2D eigenvalue weighted by atomic mass is 10.1. The van der Waals surface area contributed by atoms with E-state index >= 15 is 0 Å². The number of carboxylic acid groups (broad SMARTS) is 1. The topological polar surface area (TPSA) is 134 Å². The predicted octanol–water partition coefficient (Wildman–Crippen LogP) is 6.12. The Bertz CT molecular complexity index is 1710. The number of carbonyl (C=O) groups is 2. The van der Waals surface area contributed by atoms with Crippen LogP contribution in [0.5, 0.6) is 17.2 Å². The van der Waals surface area contributed by atoms with E-state index < -0.39 is 16.0 Å². The molecule has 3 N–H and O–H groups in total. The zero-order valence-corrected chi connectivity index (χ0v) is 26.8. The maximum absolute atomic E-state index is 12.0. The van der Waals surface area contributed by atoms with Crippen molar-refractivity contribution >= 4 is 33.3 Å². The van der Waals surface area contributed by atoms with Crippen LogP contribution in [0.4, 0.5) is 11.4 Å². The minimum absolute atomic E-state index is 0.106. The van der Waals surface area contributed by atoms with Crippen LogP contribution in [0.2, 0.25) is 0 Å². The molecule has 0 bridgehead atoms. The lowest BCUT2D eigenvalue weighted by Gasteiger charge is -2.28. The monoisotopic (exact) mass is 645 g/mol. The number of nitrogens with one attached hydrogen (secondary N) is 2. The third-order valence-corrected chi connectivity index (χ3v) is 7.56. The molecule has 0 fully saturated rings. The van der Waals surface area contributed by atoms with Gasteiger partial charge in [-0.3, -0.25) is 14.3 Å². The molecule has 46 heavy (non-hydrogen) atoms. The lowest BCUT2D eigenvalue weighted by Crippen LogP contribution is -2.26. The summed E-state index contributed by atoms with van der Waals surface area (Å²) in [5, 5.41) is 11.2. The predicted molar refractivity (Wildman–Crippen MR) is 179 cm³/mol. The van der Waals surface area contributed by atoms with Crippen LogP contribution in [0.1, 0.15) is 36.0 Å². The van der Waals surface area contributed by atoms with Gasteiger partial charge in [0.1, 0.15) is 17.2 Å². The van der Waals surface area contributed by atoms with Gasteiger partial charge in [0.15, 0.2) is 0 Å². The third kappa shape index (κ3) is 11.2. The normalized spacial score (nSPS) is 11.0. The van der Waals surface area contributed by atoms with Gasteiger partial charge in [-0.15, -0.1) is 0 Å². The van der Waals surface area contributed by atoms with Crippen LogP contribution >= 0.6 is 0 Å². The van der Waals surface area contributed by atoms with Crippen molar-refractivity contribution in [2.24, 2.45) is 0 Å². The first-order chi connectivity index (χ1) is 22.1. The molecule has 0 unspecified atom stereocenters. The fraction of sp³-hybridized carbons (Fsp3) is 0.257. The Morgan fingerprint density at radius 1 is 0.804 bits per heavy atom. The number of sulfonamides is 1. The molecule has 0 saturated carbocycles. The van der Waals surface area contributed by atoms with Crippen molar-refractivity contribution in [1.29, 1.82) is 0 Å². The van der Waals surface area contributed by atoms with E-state index in [4.69, 9.17) is 14.6 Å². The van der Waals surface area contributed by atoms with Gasteiger partial charge in [0.2, 0.25) is 15.9 Å². The highest BCUT2D eigenvalue weighted by atomic mass is 32.2. The molecular weight excluding hydrogens is 606 g/mol. The molecule has 4 rings (SSSR count). The smallest absolute Gasteiger partial charge is 0.305 e. The van der Waals surface area contributed by atoms with Gasteiger partial charge in [-0.25, -0.2) is 8.42 Å². The van der Waals surface area contributed by atoms with Crippen molar-refractivity contribution in [1.82, 2.24) is 5.32 Å². The molecule has 0 spiro atoms. The zero-order chi connectivity index (χ0) is 32.9. The van der Waals surface area contributed by atoms with E-state index in [1.54, 1.807) is 12.1 Å². The van der Waals surface area contributed by atoms with Gasteiger partial charge in [-0.1, -0.05) is 54.6 Å². The average Bonchev–Trinajstić information content (AvgIpc) is 3.01. The first-order valence-corrected chi connectivity index (χ1v) is 16.8. The maximum Gasteiger partial charge on any atom is 0.305 e. The fourth-order valence-corrected chi connectivity index (χ4v) is 5.39. The van der Waals surface area contributed by atoms with E-state index in [-0.39, 0.29) is 25.3 Å². The summed E-state index contributed by atoms with van der Waals surface area (Å²) >= 11 is 0. The van der Waals surface area contributed by atoms with E-state index in [1.165, 1.54) is 0 Å². The van der Waals surface area contributed by atoms with Gasteiger partial charge >= 0.3 is 5.97 Å². The number of aliphatic carboxylic acids is 1. The van der Waals surface area contributed by atoms with Crippen LogP contribution in [-0.2, 0) is 32.7 Å². The zero-order valence-electron chi connectivity index (χ0n) is 25.9. The Hall–Kier alpha value is -5.03. The average molecular weight is 646 g/mol. The number of anilines is 2. The maximum atomic E-state index is 12.0. The summed E-state index contributed by atoms with van der Waals surface area (Å²) in [5.41, 5.74) is 4.49. The van der Waals surface area contributed by atoms with Crippen molar-refractivity contribution in [2.45, 2.75) is 39.3 Å². The van der Waals surface area contributed by atoms with Gasteiger partial charge < -0.3 is 24.8 Å². The molecule has 0 heterocycles. The standard InChI is InChI=1S/C35H39N3O7S/c1-26-32(37-46(2,42)43)13-7-14-33(26)38(24-27-9-4-3-5-10-27)25-28-16-18-29(19-17-28)45-31-12-6-11-30(23-31)44-22-8-15-34(39)36-21-20-35(40)41/h3-7,9-14,16-19,23,37H,8,15,20-22,24-25H2,1-2H3,(H,36,39)(H,40,41). The van der Waals surface area contributed by atoms with Crippen LogP contribution in [0.3, 0.4) is 0 Å². The van der Waals surface area contributed by atoms with Gasteiger partial charge in [-0.2, -0.15) is 0 Å². The fourth-order valence-electron chi connectivity index (χ4n) is 4.77. The quantitative estimate of drug-likeness (QED) is 0.117. The summed E-state index contributed by atoms with van der Waals surface area (Å²) in [5.74, 6) is 0.713. The Morgan fingerprint density at radius 3 is 2.17 bits per heavy atom. The number of carboxylic acids is 1. The van der Waals surface area contributed by atoms with E-state index in [2.05, 4.69) is 27.1 Å². The number of ether oxygens (including phenoxy) is 2. The van der Waals surface area contributed by atoms with E-state index in [0.717, 1.165) is 28.6 Å². The molecule has 0 saturated heterocycles. The van der Waals surface area contributed by atoms with Crippen LogP contribution < -0.4 is 24.4 Å². The Morgan fingerprint density at radius 2 is 1.48 bits per heavy atom. The van der Waals surface area contributed by atoms with Crippen LogP contribution in [0.25, 0.3) is 0 Å². The summed E-state index contributed by atoms with van der Waals surface area (Å²) in [6.07, 6.45) is 1.77.